The summed E-state index contributed by atoms with van der Waals surface area (Å²) in [5.74, 6) is 2.61. The van der Waals surface area contributed by atoms with Gasteiger partial charge in [-0.15, -0.1) is 0 Å². The molecular weight excluding hydrogens is 431 g/mol. The smallest absolute Gasteiger partial charge is 0.229 e. The lowest BCUT2D eigenvalue weighted by atomic mass is 10.0. The Balaban J connectivity index is 1.58. The molecule has 6 nitrogen and oxygen atoms in total. The van der Waals surface area contributed by atoms with Crippen molar-refractivity contribution >= 4 is 34.8 Å². The SMILES string of the molecule is Cc1nc(N2CC3C(N)C3C2)nc2c(-c3ccc(Cl)cc3)c(-c3ccccc3Cl)nn12. The number of piperidine rings is 1. The summed E-state index contributed by atoms with van der Waals surface area (Å²) in [6.45, 7) is 3.77. The first-order valence-electron chi connectivity index (χ1n) is 10.3. The maximum Gasteiger partial charge on any atom is 0.229 e. The Hall–Kier alpha value is -2.67. The van der Waals surface area contributed by atoms with E-state index in [1.807, 2.05) is 55.5 Å². The normalized spacial score (nSPS) is 22.2. The average molecular weight is 451 g/mol. The number of anilines is 1. The molecule has 31 heavy (non-hydrogen) atoms. The molecule has 1 saturated carbocycles. The monoisotopic (exact) mass is 450 g/mol. The molecule has 3 heterocycles. The highest BCUT2D eigenvalue weighted by Gasteiger charge is 2.54. The maximum absolute atomic E-state index is 6.55. The molecule has 2 unspecified atom stereocenters. The minimum atomic E-state index is 0.326. The number of nitrogens with zero attached hydrogens (tertiary/aromatic N) is 5. The first-order chi connectivity index (χ1) is 15.0. The zero-order chi connectivity index (χ0) is 21.3. The van der Waals surface area contributed by atoms with Crippen molar-refractivity contribution in [3.05, 3.63) is 64.4 Å². The van der Waals surface area contributed by atoms with E-state index in [0.29, 0.717) is 27.9 Å². The largest absolute Gasteiger partial charge is 0.340 e. The predicted octanol–water partition coefficient (Wildman–Crippen LogP) is 4.47. The van der Waals surface area contributed by atoms with Crippen molar-refractivity contribution in [1.29, 1.82) is 0 Å². The zero-order valence-electron chi connectivity index (χ0n) is 16.8. The molecule has 2 atom stereocenters. The molecule has 0 spiro atoms. The first kappa shape index (κ1) is 19.0. The Morgan fingerprint density at radius 2 is 1.68 bits per heavy atom. The van der Waals surface area contributed by atoms with Gasteiger partial charge in [0.25, 0.3) is 0 Å². The number of aromatic nitrogens is 4. The molecule has 2 aromatic heterocycles. The van der Waals surface area contributed by atoms with Crippen LogP contribution in [0.1, 0.15) is 5.82 Å². The van der Waals surface area contributed by atoms with Gasteiger partial charge in [0.1, 0.15) is 11.5 Å². The second-order valence-electron chi connectivity index (χ2n) is 8.33. The molecule has 2 N–H and O–H groups in total. The van der Waals surface area contributed by atoms with Crippen LogP contribution < -0.4 is 10.6 Å². The van der Waals surface area contributed by atoms with Gasteiger partial charge in [-0.25, -0.2) is 0 Å². The Morgan fingerprint density at radius 3 is 2.39 bits per heavy atom. The quantitative estimate of drug-likeness (QED) is 0.498. The van der Waals surface area contributed by atoms with E-state index in [2.05, 4.69) is 4.90 Å². The lowest BCUT2D eigenvalue weighted by Gasteiger charge is -2.19. The number of hydrogen-bond donors (Lipinski definition) is 1. The van der Waals surface area contributed by atoms with Gasteiger partial charge in [0.2, 0.25) is 5.95 Å². The van der Waals surface area contributed by atoms with Crippen LogP contribution in [0.2, 0.25) is 10.0 Å². The Labute approximate surface area is 189 Å². The summed E-state index contributed by atoms with van der Waals surface area (Å²) in [6, 6.07) is 15.8. The highest BCUT2D eigenvalue weighted by atomic mass is 35.5. The molecule has 1 saturated heterocycles. The number of aryl methyl sites for hydroxylation is 1. The molecule has 156 valence electrons. The van der Waals surface area contributed by atoms with E-state index in [0.717, 1.165) is 52.9 Å². The van der Waals surface area contributed by atoms with E-state index in [1.54, 1.807) is 4.52 Å². The Kier molecular flexibility index (Phi) is 4.25. The van der Waals surface area contributed by atoms with Gasteiger partial charge in [0.15, 0.2) is 5.65 Å². The van der Waals surface area contributed by atoms with Crippen LogP contribution in [0, 0.1) is 18.8 Å². The molecule has 4 aromatic rings. The van der Waals surface area contributed by atoms with Gasteiger partial charge in [-0.3, -0.25) is 0 Å². The van der Waals surface area contributed by atoms with Gasteiger partial charge < -0.3 is 10.6 Å². The molecule has 0 bridgehead atoms. The number of rotatable bonds is 3. The Morgan fingerprint density at radius 1 is 0.968 bits per heavy atom. The number of fused-ring (bicyclic) bond motifs is 2. The van der Waals surface area contributed by atoms with E-state index in [4.69, 9.17) is 44.0 Å². The van der Waals surface area contributed by atoms with E-state index >= 15 is 0 Å². The summed E-state index contributed by atoms with van der Waals surface area (Å²) in [7, 11) is 0. The molecule has 6 rings (SSSR count). The minimum absolute atomic E-state index is 0.326. The van der Waals surface area contributed by atoms with Gasteiger partial charge in [-0.05, 0) is 42.5 Å². The number of nitrogens with two attached hydrogens (primary N) is 1. The fourth-order valence-corrected chi connectivity index (χ4v) is 5.00. The summed E-state index contributed by atoms with van der Waals surface area (Å²) in [5.41, 5.74) is 10.4. The van der Waals surface area contributed by atoms with Gasteiger partial charge in [0, 0.05) is 29.7 Å². The first-order valence-corrected chi connectivity index (χ1v) is 11.1. The van der Waals surface area contributed by atoms with Crippen LogP contribution in [0.5, 0.6) is 0 Å². The number of halogens is 2. The van der Waals surface area contributed by atoms with Crippen molar-refractivity contribution in [1.82, 2.24) is 19.6 Å². The maximum atomic E-state index is 6.55. The second-order valence-corrected chi connectivity index (χ2v) is 9.17. The standard InChI is InChI=1S/C23H20Cl2N6/c1-12-27-23(30-10-16-17(11-30)20(16)26)28-22-19(13-6-8-14(24)9-7-13)21(29-31(12)22)15-4-2-3-5-18(15)25/h2-9,16-17,20H,10-11,26H2,1H3. The molecule has 1 aliphatic carbocycles. The van der Waals surface area contributed by atoms with Crippen LogP contribution in [0.3, 0.4) is 0 Å². The predicted molar refractivity (Wildman–Crippen MR) is 124 cm³/mol. The molecule has 8 heteroatoms. The summed E-state index contributed by atoms with van der Waals surface area (Å²) >= 11 is 12.7. The van der Waals surface area contributed by atoms with Crippen molar-refractivity contribution in [3.63, 3.8) is 0 Å². The van der Waals surface area contributed by atoms with E-state index in [-0.39, 0.29) is 0 Å². The van der Waals surface area contributed by atoms with Crippen LogP contribution in [0.4, 0.5) is 5.95 Å². The molecular formula is C23H20Cl2N6. The third kappa shape index (κ3) is 3.01. The molecule has 0 radical (unpaired) electrons. The van der Waals surface area contributed by atoms with Crippen LogP contribution >= 0.6 is 23.2 Å². The van der Waals surface area contributed by atoms with Crippen LogP contribution in [0.15, 0.2) is 48.5 Å². The number of benzene rings is 2. The van der Waals surface area contributed by atoms with E-state index < -0.39 is 0 Å². The molecule has 0 amide bonds. The van der Waals surface area contributed by atoms with E-state index in [9.17, 15) is 0 Å². The molecule has 2 aliphatic rings. The van der Waals surface area contributed by atoms with E-state index in [1.165, 1.54) is 0 Å². The summed E-state index contributed by atoms with van der Waals surface area (Å²) in [6.07, 6.45) is 0. The van der Waals surface area contributed by atoms with Crippen molar-refractivity contribution < 1.29 is 0 Å². The van der Waals surface area contributed by atoms with Crippen LogP contribution in [-0.2, 0) is 0 Å². The highest BCUT2D eigenvalue weighted by molar-refractivity contribution is 6.33. The third-order valence-corrected chi connectivity index (χ3v) is 7.02. The average Bonchev–Trinajstić information content (AvgIpc) is 3.13. The zero-order valence-corrected chi connectivity index (χ0v) is 18.3. The summed E-state index contributed by atoms with van der Waals surface area (Å²) < 4.78 is 1.80. The molecule has 2 aromatic carbocycles. The number of hydrogen-bond acceptors (Lipinski definition) is 5. The minimum Gasteiger partial charge on any atom is -0.340 e. The fraction of sp³-hybridized carbons (Fsp3) is 0.261. The lowest BCUT2D eigenvalue weighted by molar-refractivity contribution is 0.715. The van der Waals surface area contributed by atoms with Gasteiger partial charge in [-0.2, -0.15) is 19.6 Å². The van der Waals surface area contributed by atoms with Crippen LogP contribution in [-0.4, -0.2) is 38.7 Å². The molecule has 1 aliphatic heterocycles. The van der Waals surface area contributed by atoms with Gasteiger partial charge >= 0.3 is 0 Å². The topological polar surface area (TPSA) is 72.3 Å². The highest BCUT2D eigenvalue weighted by Crippen LogP contribution is 2.45. The van der Waals surface area contributed by atoms with Gasteiger partial charge in [-0.1, -0.05) is 53.5 Å². The third-order valence-electron chi connectivity index (χ3n) is 6.44. The van der Waals surface area contributed by atoms with Crippen LogP contribution in [0.25, 0.3) is 28.0 Å². The second kappa shape index (κ2) is 6.92. The summed E-state index contributed by atoms with van der Waals surface area (Å²) in [5, 5.41) is 6.20. The van der Waals surface area contributed by atoms with Crippen molar-refractivity contribution in [2.75, 3.05) is 18.0 Å². The molecule has 2 fully saturated rings. The van der Waals surface area contributed by atoms with Crippen molar-refractivity contribution in [3.8, 4) is 22.4 Å². The van der Waals surface area contributed by atoms with Gasteiger partial charge in [0.05, 0.1) is 10.6 Å². The van der Waals surface area contributed by atoms with Crippen molar-refractivity contribution in [2.45, 2.75) is 13.0 Å². The fourth-order valence-electron chi connectivity index (χ4n) is 4.65. The lowest BCUT2D eigenvalue weighted by Crippen LogP contribution is -2.30. The van der Waals surface area contributed by atoms with Crippen molar-refractivity contribution in [2.24, 2.45) is 17.6 Å². The summed E-state index contributed by atoms with van der Waals surface area (Å²) in [4.78, 5) is 12.0. The Bertz CT molecular complexity index is 1300.